The fourth-order valence-corrected chi connectivity index (χ4v) is 4.49. The second-order valence-electron chi connectivity index (χ2n) is 7.98. The maximum atomic E-state index is 13.1. The van der Waals surface area contributed by atoms with Crippen molar-refractivity contribution in [2.75, 3.05) is 0 Å². The van der Waals surface area contributed by atoms with Gasteiger partial charge in [0, 0.05) is 18.8 Å². The molecule has 1 aromatic heterocycles. The van der Waals surface area contributed by atoms with Gasteiger partial charge in [-0.2, -0.15) is 5.26 Å². The lowest BCUT2D eigenvalue weighted by atomic mass is 9.86. The average molecular weight is 399 g/mol. The fraction of sp³-hybridized carbons (Fsp3) is 0.320. The molecule has 1 saturated carbocycles. The quantitative estimate of drug-likeness (QED) is 0.661. The van der Waals surface area contributed by atoms with Gasteiger partial charge < -0.3 is 0 Å². The first kappa shape index (κ1) is 19.9. The molecule has 5 heteroatoms. The normalized spacial score (nSPS) is 14.4. The first-order valence-electron chi connectivity index (χ1n) is 10.5. The van der Waals surface area contributed by atoms with Crippen molar-refractivity contribution in [2.24, 2.45) is 7.05 Å². The summed E-state index contributed by atoms with van der Waals surface area (Å²) in [6.07, 6.45) is 5.38. The van der Waals surface area contributed by atoms with E-state index in [4.69, 9.17) is 0 Å². The van der Waals surface area contributed by atoms with Crippen molar-refractivity contribution < 1.29 is 0 Å². The van der Waals surface area contributed by atoms with Crippen molar-refractivity contribution in [3.8, 4) is 17.2 Å². The fourth-order valence-electron chi connectivity index (χ4n) is 4.49. The lowest BCUT2D eigenvalue weighted by Crippen LogP contribution is -2.40. The van der Waals surface area contributed by atoms with Crippen molar-refractivity contribution in [3.05, 3.63) is 92.3 Å². The highest BCUT2D eigenvalue weighted by molar-refractivity contribution is 5.70. The van der Waals surface area contributed by atoms with Gasteiger partial charge in [-0.1, -0.05) is 61.7 Å². The van der Waals surface area contributed by atoms with Crippen LogP contribution in [-0.4, -0.2) is 9.13 Å². The molecule has 152 valence electrons. The lowest BCUT2D eigenvalue weighted by Gasteiger charge is -2.26. The van der Waals surface area contributed by atoms with Crippen LogP contribution in [0.15, 0.2) is 64.2 Å². The highest BCUT2D eigenvalue weighted by Crippen LogP contribution is 2.33. The first-order chi connectivity index (χ1) is 14.6. The summed E-state index contributed by atoms with van der Waals surface area (Å²) in [4.78, 5) is 25.6. The summed E-state index contributed by atoms with van der Waals surface area (Å²) in [5.41, 5.74) is 3.50. The van der Waals surface area contributed by atoms with Crippen LogP contribution in [0.1, 0.15) is 54.8 Å². The van der Waals surface area contributed by atoms with Crippen LogP contribution in [0.4, 0.5) is 0 Å². The Morgan fingerprint density at radius 3 is 2.43 bits per heavy atom. The van der Waals surface area contributed by atoms with Crippen molar-refractivity contribution >= 4 is 0 Å². The third-order valence-corrected chi connectivity index (χ3v) is 6.15. The molecule has 3 aromatic rings. The molecule has 0 saturated heterocycles. The minimum absolute atomic E-state index is 0.203. The SMILES string of the molecule is Cn1c(=O)cc(C2CCCCC2)n(Cc2c(C#N)cccc2-c2ccccc2)c1=O. The van der Waals surface area contributed by atoms with E-state index in [0.29, 0.717) is 5.56 Å². The van der Waals surface area contributed by atoms with Crippen molar-refractivity contribution in [2.45, 2.75) is 44.6 Å². The summed E-state index contributed by atoms with van der Waals surface area (Å²) in [5, 5.41) is 9.76. The molecule has 1 heterocycles. The smallest absolute Gasteiger partial charge is 0.293 e. The van der Waals surface area contributed by atoms with E-state index < -0.39 is 0 Å². The van der Waals surface area contributed by atoms with Crippen LogP contribution in [0.2, 0.25) is 0 Å². The number of nitrogens with zero attached hydrogens (tertiary/aromatic N) is 3. The highest BCUT2D eigenvalue weighted by Gasteiger charge is 2.22. The molecule has 1 aliphatic carbocycles. The Morgan fingerprint density at radius 1 is 1.00 bits per heavy atom. The Morgan fingerprint density at radius 2 is 1.73 bits per heavy atom. The zero-order chi connectivity index (χ0) is 21.1. The van der Waals surface area contributed by atoms with Gasteiger partial charge in [-0.05, 0) is 41.5 Å². The van der Waals surface area contributed by atoms with E-state index in [1.54, 1.807) is 16.7 Å². The Bertz CT molecular complexity index is 1210. The zero-order valence-electron chi connectivity index (χ0n) is 17.2. The molecule has 0 atom stereocenters. The summed E-state index contributed by atoms with van der Waals surface area (Å²) in [5.74, 6) is 0.203. The molecule has 0 radical (unpaired) electrons. The number of benzene rings is 2. The maximum Gasteiger partial charge on any atom is 0.331 e. The van der Waals surface area contributed by atoms with Gasteiger partial charge in [0.25, 0.3) is 5.56 Å². The van der Waals surface area contributed by atoms with Gasteiger partial charge in [0.1, 0.15) is 0 Å². The minimum atomic E-state index is -0.324. The molecule has 1 aliphatic rings. The van der Waals surface area contributed by atoms with E-state index in [2.05, 4.69) is 6.07 Å². The number of hydrogen-bond donors (Lipinski definition) is 0. The van der Waals surface area contributed by atoms with Crippen molar-refractivity contribution in [3.63, 3.8) is 0 Å². The monoisotopic (exact) mass is 399 g/mol. The summed E-state index contributed by atoms with van der Waals surface area (Å²) in [6.45, 7) is 0.271. The van der Waals surface area contributed by atoms with E-state index in [1.165, 1.54) is 13.5 Å². The van der Waals surface area contributed by atoms with Crippen LogP contribution in [0, 0.1) is 11.3 Å². The molecular formula is C25H25N3O2. The molecule has 0 spiro atoms. The Kier molecular flexibility index (Phi) is 5.67. The van der Waals surface area contributed by atoms with E-state index in [-0.39, 0.29) is 23.7 Å². The Hall–Kier alpha value is -3.39. The van der Waals surface area contributed by atoms with Gasteiger partial charge in [-0.25, -0.2) is 4.79 Å². The Balaban J connectivity index is 1.90. The van der Waals surface area contributed by atoms with Gasteiger partial charge in [-0.3, -0.25) is 13.9 Å². The Labute approximate surface area is 175 Å². The molecule has 0 aliphatic heterocycles. The molecule has 0 amide bonds. The second kappa shape index (κ2) is 8.54. The largest absolute Gasteiger partial charge is 0.331 e. The summed E-state index contributed by atoms with van der Waals surface area (Å²) < 4.78 is 2.86. The molecule has 2 aromatic carbocycles. The van der Waals surface area contributed by atoms with E-state index in [9.17, 15) is 14.9 Å². The summed E-state index contributed by atoms with van der Waals surface area (Å²) in [6, 6.07) is 19.4. The minimum Gasteiger partial charge on any atom is -0.293 e. The molecule has 5 nitrogen and oxygen atoms in total. The molecule has 4 rings (SSSR count). The second-order valence-corrected chi connectivity index (χ2v) is 7.98. The standard InChI is InChI=1S/C25H25N3O2/c1-27-24(29)15-23(19-11-6-3-7-12-19)28(25(27)30)17-22-20(16-26)13-8-14-21(22)18-9-4-2-5-10-18/h2,4-5,8-10,13-15,19H,3,6-7,11-12,17H2,1H3. The third-order valence-electron chi connectivity index (χ3n) is 6.15. The first-order valence-corrected chi connectivity index (χ1v) is 10.5. The number of nitriles is 1. The van der Waals surface area contributed by atoms with Gasteiger partial charge >= 0.3 is 5.69 Å². The lowest BCUT2D eigenvalue weighted by molar-refractivity contribution is 0.416. The van der Waals surface area contributed by atoms with E-state index in [1.807, 2.05) is 42.5 Å². The number of rotatable bonds is 4. The maximum absolute atomic E-state index is 13.1. The van der Waals surface area contributed by atoms with Gasteiger partial charge in [-0.15, -0.1) is 0 Å². The molecule has 30 heavy (non-hydrogen) atoms. The van der Waals surface area contributed by atoms with Crippen LogP contribution in [0.25, 0.3) is 11.1 Å². The summed E-state index contributed by atoms with van der Waals surface area (Å²) >= 11 is 0. The van der Waals surface area contributed by atoms with E-state index >= 15 is 0 Å². The predicted octanol–water partition coefficient (Wildman–Crippen LogP) is 4.18. The van der Waals surface area contributed by atoms with Gasteiger partial charge in [0.05, 0.1) is 18.2 Å². The van der Waals surface area contributed by atoms with Crippen LogP contribution in [0.3, 0.4) is 0 Å². The molecule has 0 N–H and O–H groups in total. The zero-order valence-corrected chi connectivity index (χ0v) is 17.2. The van der Waals surface area contributed by atoms with Crippen molar-refractivity contribution in [1.82, 2.24) is 9.13 Å². The molecule has 0 bridgehead atoms. The van der Waals surface area contributed by atoms with Crippen LogP contribution < -0.4 is 11.2 Å². The predicted molar refractivity (Wildman–Crippen MR) is 117 cm³/mol. The number of hydrogen-bond acceptors (Lipinski definition) is 3. The highest BCUT2D eigenvalue weighted by atomic mass is 16.2. The van der Waals surface area contributed by atoms with Gasteiger partial charge in [0.2, 0.25) is 0 Å². The molecule has 0 unspecified atom stereocenters. The van der Waals surface area contributed by atoms with Gasteiger partial charge in [0.15, 0.2) is 0 Å². The van der Waals surface area contributed by atoms with Crippen LogP contribution in [-0.2, 0) is 13.6 Å². The number of aromatic nitrogens is 2. The van der Waals surface area contributed by atoms with E-state index in [0.717, 1.165) is 52.6 Å². The third kappa shape index (κ3) is 3.73. The average Bonchev–Trinajstić information content (AvgIpc) is 2.80. The molecule has 1 fully saturated rings. The topological polar surface area (TPSA) is 67.8 Å². The molecular weight excluding hydrogens is 374 g/mol. The summed E-state index contributed by atoms with van der Waals surface area (Å²) in [7, 11) is 1.51. The van der Waals surface area contributed by atoms with Crippen molar-refractivity contribution in [1.29, 1.82) is 5.26 Å². The van der Waals surface area contributed by atoms with Crippen LogP contribution in [0.5, 0.6) is 0 Å². The van der Waals surface area contributed by atoms with Crippen LogP contribution >= 0.6 is 0 Å².